The van der Waals surface area contributed by atoms with Gasteiger partial charge in [-0.2, -0.15) is 0 Å². The average molecular weight is 454 g/mol. The number of hydrogen-bond donors (Lipinski definition) is 0. The van der Waals surface area contributed by atoms with E-state index < -0.39 is 23.8 Å². The molecule has 0 saturated carbocycles. The third kappa shape index (κ3) is 3.61. The summed E-state index contributed by atoms with van der Waals surface area (Å²) in [6, 6.07) is 26.0. The van der Waals surface area contributed by atoms with Gasteiger partial charge in [0.2, 0.25) is 5.91 Å². The minimum atomic E-state index is -0.883. The highest BCUT2D eigenvalue weighted by molar-refractivity contribution is 5.93. The molecule has 34 heavy (non-hydrogen) atoms. The van der Waals surface area contributed by atoms with Crippen molar-refractivity contribution in [2.45, 2.75) is 12.1 Å². The zero-order valence-corrected chi connectivity index (χ0v) is 18.5. The highest BCUT2D eigenvalue weighted by atomic mass is 16.5. The van der Waals surface area contributed by atoms with Crippen LogP contribution < -0.4 is 5.76 Å². The van der Waals surface area contributed by atoms with Crippen LogP contribution >= 0.6 is 0 Å². The number of benzene rings is 3. The Hall–Kier alpha value is -4.39. The van der Waals surface area contributed by atoms with Crippen molar-refractivity contribution in [1.82, 2.24) is 9.47 Å². The largest absolute Gasteiger partial charge is 0.467 e. The van der Waals surface area contributed by atoms with Crippen LogP contribution in [0.15, 0.2) is 100 Å². The Labute approximate surface area is 195 Å². The summed E-state index contributed by atoms with van der Waals surface area (Å²) in [5.41, 5.74) is 2.67. The van der Waals surface area contributed by atoms with Gasteiger partial charge >= 0.3 is 11.7 Å². The number of carbonyl (C=O) groups excluding carboxylic acids is 2. The van der Waals surface area contributed by atoms with Crippen LogP contribution in [0.2, 0.25) is 0 Å². The molecule has 1 saturated heterocycles. The Morgan fingerprint density at radius 2 is 1.44 bits per heavy atom. The van der Waals surface area contributed by atoms with Crippen LogP contribution in [0.3, 0.4) is 0 Å². The lowest BCUT2D eigenvalue weighted by Crippen LogP contribution is -2.57. The second kappa shape index (κ2) is 8.86. The SMILES string of the molecule is COC(=O)C(c1ccccc1)N1CC(n2c(-c3ccccc3)c(-c3ccccc3)oc2=O)C1=O. The number of nitrogens with zero attached hydrogens (tertiary/aromatic N) is 2. The normalized spacial score (nSPS) is 16.1. The fourth-order valence-corrected chi connectivity index (χ4v) is 4.37. The molecule has 3 aromatic carbocycles. The lowest BCUT2D eigenvalue weighted by atomic mass is 9.97. The number of methoxy groups -OCH3 is 1. The van der Waals surface area contributed by atoms with Crippen molar-refractivity contribution in [1.29, 1.82) is 0 Å². The molecule has 2 heterocycles. The van der Waals surface area contributed by atoms with E-state index >= 15 is 0 Å². The predicted molar refractivity (Wildman–Crippen MR) is 126 cm³/mol. The molecule has 0 aliphatic carbocycles. The topological polar surface area (TPSA) is 81.8 Å². The molecule has 1 fully saturated rings. The minimum absolute atomic E-state index is 0.168. The van der Waals surface area contributed by atoms with E-state index in [2.05, 4.69) is 0 Å². The Bertz CT molecular complexity index is 1380. The van der Waals surface area contributed by atoms with Crippen molar-refractivity contribution in [2.24, 2.45) is 0 Å². The number of β-lactam (4-membered cyclic amide) rings is 1. The zero-order valence-electron chi connectivity index (χ0n) is 18.5. The molecule has 1 aliphatic heterocycles. The molecule has 1 aromatic heterocycles. The number of aromatic nitrogens is 1. The van der Waals surface area contributed by atoms with E-state index in [0.717, 1.165) is 11.1 Å². The van der Waals surface area contributed by atoms with Gasteiger partial charge in [-0.05, 0) is 5.56 Å². The number of ether oxygens (including phenoxy) is 1. The Balaban J connectivity index is 1.57. The van der Waals surface area contributed by atoms with Crippen molar-refractivity contribution >= 4 is 11.9 Å². The van der Waals surface area contributed by atoms with Crippen molar-refractivity contribution in [3.63, 3.8) is 0 Å². The van der Waals surface area contributed by atoms with Crippen LogP contribution in [0.5, 0.6) is 0 Å². The molecule has 1 aliphatic rings. The standard InChI is InChI=1S/C27H22N2O5/c1-33-26(31)23(19-13-7-3-8-14-19)28-17-21(25(28)30)29-22(18-11-5-2-6-12-18)24(34-27(29)32)20-15-9-4-10-16-20/h2-16,21,23H,17H2,1H3. The third-order valence-electron chi connectivity index (χ3n) is 6.03. The molecule has 7 heteroatoms. The Morgan fingerprint density at radius 3 is 2.00 bits per heavy atom. The number of amides is 1. The quantitative estimate of drug-likeness (QED) is 0.324. The summed E-state index contributed by atoms with van der Waals surface area (Å²) in [6.07, 6.45) is 0. The molecule has 4 aromatic rings. The summed E-state index contributed by atoms with van der Waals surface area (Å²) in [4.78, 5) is 40.5. The van der Waals surface area contributed by atoms with Crippen LogP contribution in [0, 0.1) is 0 Å². The highest BCUT2D eigenvalue weighted by Gasteiger charge is 2.47. The van der Waals surface area contributed by atoms with E-state index in [0.29, 0.717) is 17.0 Å². The first-order chi connectivity index (χ1) is 16.6. The van der Waals surface area contributed by atoms with Gasteiger partial charge in [0.1, 0.15) is 6.04 Å². The second-order valence-corrected chi connectivity index (χ2v) is 7.99. The highest BCUT2D eigenvalue weighted by Crippen LogP contribution is 2.38. The van der Waals surface area contributed by atoms with E-state index in [4.69, 9.17) is 9.15 Å². The maximum Gasteiger partial charge on any atom is 0.420 e. The molecule has 0 N–H and O–H groups in total. The van der Waals surface area contributed by atoms with Crippen LogP contribution in [-0.2, 0) is 14.3 Å². The van der Waals surface area contributed by atoms with Gasteiger partial charge < -0.3 is 14.1 Å². The lowest BCUT2D eigenvalue weighted by Gasteiger charge is -2.42. The fourth-order valence-electron chi connectivity index (χ4n) is 4.37. The molecule has 0 radical (unpaired) electrons. The van der Waals surface area contributed by atoms with E-state index in [-0.39, 0.29) is 12.5 Å². The summed E-state index contributed by atoms with van der Waals surface area (Å²) in [7, 11) is 1.29. The first-order valence-corrected chi connectivity index (χ1v) is 10.9. The molecule has 2 atom stereocenters. The Morgan fingerprint density at radius 1 is 0.882 bits per heavy atom. The molecular formula is C27H22N2O5. The number of hydrogen-bond acceptors (Lipinski definition) is 5. The van der Waals surface area contributed by atoms with Gasteiger partial charge in [-0.3, -0.25) is 9.36 Å². The molecule has 1 amide bonds. The smallest absolute Gasteiger partial charge is 0.420 e. The van der Waals surface area contributed by atoms with Crippen LogP contribution in [-0.4, -0.2) is 35.0 Å². The van der Waals surface area contributed by atoms with Crippen molar-refractivity contribution in [3.05, 3.63) is 107 Å². The summed E-state index contributed by atoms with van der Waals surface area (Å²) < 4.78 is 12.1. The van der Waals surface area contributed by atoms with Crippen molar-refractivity contribution < 1.29 is 18.7 Å². The lowest BCUT2D eigenvalue weighted by molar-refractivity contribution is -0.163. The minimum Gasteiger partial charge on any atom is -0.467 e. The van der Waals surface area contributed by atoms with Gasteiger partial charge in [-0.15, -0.1) is 0 Å². The van der Waals surface area contributed by atoms with Gasteiger partial charge in [0.05, 0.1) is 19.3 Å². The van der Waals surface area contributed by atoms with Gasteiger partial charge in [0.25, 0.3) is 0 Å². The number of esters is 1. The maximum absolute atomic E-state index is 13.4. The van der Waals surface area contributed by atoms with E-state index in [1.165, 1.54) is 16.6 Å². The van der Waals surface area contributed by atoms with Crippen molar-refractivity contribution in [2.75, 3.05) is 13.7 Å². The number of rotatable bonds is 6. The van der Waals surface area contributed by atoms with Gasteiger partial charge in [0.15, 0.2) is 11.8 Å². The second-order valence-electron chi connectivity index (χ2n) is 7.99. The first kappa shape index (κ1) is 21.5. The van der Waals surface area contributed by atoms with Crippen LogP contribution in [0.25, 0.3) is 22.6 Å². The molecule has 5 rings (SSSR count). The Kier molecular flexibility index (Phi) is 5.59. The molecule has 0 bridgehead atoms. The van der Waals surface area contributed by atoms with E-state index in [9.17, 15) is 14.4 Å². The van der Waals surface area contributed by atoms with E-state index in [1.54, 1.807) is 24.3 Å². The van der Waals surface area contributed by atoms with Gasteiger partial charge in [-0.1, -0.05) is 91.0 Å². The van der Waals surface area contributed by atoms with E-state index in [1.807, 2.05) is 66.7 Å². The summed E-state index contributed by atoms with van der Waals surface area (Å²) in [6.45, 7) is 0.168. The number of carbonyl (C=O) groups is 2. The predicted octanol–water partition coefficient (Wildman–Crippen LogP) is 4.07. The summed E-state index contributed by atoms with van der Waals surface area (Å²) in [5.74, 6) is -1.11. The third-order valence-corrected chi connectivity index (χ3v) is 6.03. The van der Waals surface area contributed by atoms with Crippen LogP contribution in [0.4, 0.5) is 0 Å². The first-order valence-electron chi connectivity index (χ1n) is 10.9. The van der Waals surface area contributed by atoms with Crippen LogP contribution in [0.1, 0.15) is 17.6 Å². The van der Waals surface area contributed by atoms with Gasteiger partial charge in [0, 0.05) is 11.1 Å². The maximum atomic E-state index is 13.4. The molecular weight excluding hydrogens is 432 g/mol. The summed E-state index contributed by atoms with van der Waals surface area (Å²) >= 11 is 0. The monoisotopic (exact) mass is 454 g/mol. The molecule has 170 valence electrons. The average Bonchev–Trinajstić information content (AvgIpc) is 3.23. The number of oxazole rings is 1. The fraction of sp³-hybridized carbons (Fsp3) is 0.148. The van der Waals surface area contributed by atoms with Gasteiger partial charge in [-0.25, -0.2) is 9.59 Å². The zero-order chi connectivity index (χ0) is 23.7. The molecule has 0 spiro atoms. The van der Waals surface area contributed by atoms with Crippen molar-refractivity contribution in [3.8, 4) is 22.6 Å². The number of likely N-dealkylation sites (tertiary alicyclic amines) is 1. The molecule has 2 unspecified atom stereocenters. The summed E-state index contributed by atoms with van der Waals surface area (Å²) in [5, 5.41) is 0. The molecule has 7 nitrogen and oxygen atoms in total.